The summed E-state index contributed by atoms with van der Waals surface area (Å²) in [4.78, 5) is 0. The minimum Gasteiger partial charge on any atom is -0.494 e. The van der Waals surface area contributed by atoms with Gasteiger partial charge in [0, 0.05) is 0 Å². The number of ether oxygens (including phenoxy) is 4. The smallest absolute Gasteiger partial charge is 0.488 e. The van der Waals surface area contributed by atoms with E-state index < -0.39 is 7.12 Å². The zero-order valence-electron chi connectivity index (χ0n) is 31.9. The summed E-state index contributed by atoms with van der Waals surface area (Å²) in [5.74, 6) is 2.73. The molecule has 0 saturated carbocycles. The minimum absolute atomic E-state index is 0.311. The van der Waals surface area contributed by atoms with Crippen molar-refractivity contribution >= 4 is 12.6 Å². The molecule has 0 radical (unpaired) electrons. The lowest BCUT2D eigenvalue weighted by atomic mass is 9.80. The molecule has 282 valence electrons. The molecule has 0 unspecified atom stereocenters. The topological polar surface area (TPSA) is 77.4 Å². The van der Waals surface area contributed by atoms with E-state index >= 15 is 0 Å². The SMILES string of the molecule is CCCCCCCCCCCCOc1ccc(COc2ccc(B(O)O)cc2OCc2ccc(OCCCCCCCCCCCC)cc2)cc1. The second-order valence-electron chi connectivity index (χ2n) is 14.0. The average Bonchev–Trinajstić information content (AvgIpc) is 3.15. The van der Waals surface area contributed by atoms with Gasteiger partial charge in [-0.15, -0.1) is 0 Å². The van der Waals surface area contributed by atoms with Crippen LogP contribution in [0.2, 0.25) is 0 Å². The normalized spacial score (nSPS) is 11.1. The number of rotatable bonds is 31. The summed E-state index contributed by atoms with van der Waals surface area (Å²) < 4.78 is 24.2. The summed E-state index contributed by atoms with van der Waals surface area (Å²) >= 11 is 0. The fourth-order valence-corrected chi connectivity index (χ4v) is 6.16. The summed E-state index contributed by atoms with van der Waals surface area (Å²) in [6.07, 6.45) is 26.2. The molecule has 0 spiro atoms. The van der Waals surface area contributed by atoms with Crippen LogP contribution in [0, 0.1) is 0 Å². The van der Waals surface area contributed by atoms with Crippen molar-refractivity contribution in [3.8, 4) is 23.0 Å². The summed E-state index contributed by atoms with van der Waals surface area (Å²) in [5, 5.41) is 19.5. The minimum atomic E-state index is -1.60. The predicted octanol–water partition coefficient (Wildman–Crippen LogP) is 11.1. The van der Waals surface area contributed by atoms with Crippen molar-refractivity contribution in [1.29, 1.82) is 0 Å². The average molecular weight is 703 g/mol. The molecule has 0 heterocycles. The van der Waals surface area contributed by atoms with Gasteiger partial charge in [0.15, 0.2) is 11.5 Å². The van der Waals surface area contributed by atoms with Gasteiger partial charge >= 0.3 is 7.12 Å². The van der Waals surface area contributed by atoms with E-state index in [4.69, 9.17) is 18.9 Å². The van der Waals surface area contributed by atoms with E-state index in [9.17, 15) is 10.0 Å². The highest BCUT2D eigenvalue weighted by Crippen LogP contribution is 2.28. The second-order valence-corrected chi connectivity index (χ2v) is 14.0. The van der Waals surface area contributed by atoms with Crippen molar-refractivity contribution in [3.63, 3.8) is 0 Å². The van der Waals surface area contributed by atoms with Crippen molar-refractivity contribution in [3.05, 3.63) is 77.9 Å². The Labute approximate surface area is 310 Å². The van der Waals surface area contributed by atoms with E-state index in [2.05, 4.69) is 13.8 Å². The maximum atomic E-state index is 9.76. The van der Waals surface area contributed by atoms with E-state index in [-0.39, 0.29) is 0 Å². The van der Waals surface area contributed by atoms with Crippen molar-refractivity contribution in [1.82, 2.24) is 0 Å². The molecule has 0 aromatic heterocycles. The van der Waals surface area contributed by atoms with Gasteiger partial charge < -0.3 is 29.0 Å². The maximum absolute atomic E-state index is 9.76. The first-order chi connectivity index (χ1) is 25.1. The first kappa shape index (κ1) is 42.3. The Morgan fingerprint density at radius 1 is 0.412 bits per heavy atom. The lowest BCUT2D eigenvalue weighted by Gasteiger charge is -2.15. The van der Waals surface area contributed by atoms with Crippen LogP contribution < -0.4 is 24.4 Å². The van der Waals surface area contributed by atoms with Crippen molar-refractivity contribution < 1.29 is 29.0 Å². The molecule has 0 aliphatic rings. The van der Waals surface area contributed by atoms with E-state index in [1.54, 1.807) is 18.2 Å². The third kappa shape index (κ3) is 19.3. The van der Waals surface area contributed by atoms with Crippen LogP contribution in [-0.2, 0) is 13.2 Å². The van der Waals surface area contributed by atoms with Crippen LogP contribution in [-0.4, -0.2) is 30.4 Å². The molecule has 6 nitrogen and oxygen atoms in total. The van der Waals surface area contributed by atoms with Gasteiger partial charge in [-0.1, -0.05) is 160 Å². The molecule has 0 saturated heterocycles. The van der Waals surface area contributed by atoms with Gasteiger partial charge in [0.05, 0.1) is 13.2 Å². The fourth-order valence-electron chi connectivity index (χ4n) is 6.16. The molecule has 2 N–H and O–H groups in total. The summed E-state index contributed by atoms with van der Waals surface area (Å²) in [7, 11) is -1.60. The summed E-state index contributed by atoms with van der Waals surface area (Å²) in [5.41, 5.74) is 2.33. The van der Waals surface area contributed by atoms with Gasteiger partial charge in [0.1, 0.15) is 24.7 Å². The Hall–Kier alpha value is -3.16. The monoisotopic (exact) mass is 703 g/mol. The molecular weight excluding hydrogens is 635 g/mol. The Morgan fingerprint density at radius 3 is 1.18 bits per heavy atom. The van der Waals surface area contributed by atoms with Crippen molar-refractivity contribution in [2.24, 2.45) is 0 Å². The van der Waals surface area contributed by atoms with Crippen LogP contribution >= 0.6 is 0 Å². The highest BCUT2D eigenvalue weighted by Gasteiger charge is 2.16. The quantitative estimate of drug-likeness (QED) is 0.0513. The molecule has 0 atom stereocenters. The van der Waals surface area contributed by atoms with Crippen molar-refractivity contribution in [2.45, 2.75) is 155 Å². The van der Waals surface area contributed by atoms with Crippen LogP contribution in [0.5, 0.6) is 23.0 Å². The molecule has 0 bridgehead atoms. The summed E-state index contributed by atoms with van der Waals surface area (Å²) in [6, 6.07) is 20.9. The van der Waals surface area contributed by atoms with Crippen LogP contribution in [0.15, 0.2) is 66.7 Å². The maximum Gasteiger partial charge on any atom is 0.488 e. The molecule has 3 rings (SSSR count). The molecule has 3 aromatic rings. The van der Waals surface area contributed by atoms with Crippen LogP contribution in [0.25, 0.3) is 0 Å². The number of hydrogen-bond acceptors (Lipinski definition) is 6. The third-order valence-corrected chi connectivity index (χ3v) is 9.43. The molecule has 3 aromatic carbocycles. The van der Waals surface area contributed by atoms with Gasteiger partial charge in [-0.3, -0.25) is 0 Å². The van der Waals surface area contributed by atoms with Crippen LogP contribution in [0.1, 0.15) is 153 Å². The molecule has 0 aliphatic heterocycles. The molecular formula is C44H67BO6. The zero-order valence-corrected chi connectivity index (χ0v) is 31.9. The highest BCUT2D eigenvalue weighted by atomic mass is 16.5. The van der Waals surface area contributed by atoms with Gasteiger partial charge in [0.25, 0.3) is 0 Å². The number of hydrogen-bond donors (Lipinski definition) is 2. The molecule has 0 fully saturated rings. The first-order valence-electron chi connectivity index (χ1n) is 20.3. The van der Waals surface area contributed by atoms with Crippen LogP contribution in [0.3, 0.4) is 0 Å². The van der Waals surface area contributed by atoms with E-state index in [0.29, 0.717) is 30.2 Å². The lowest BCUT2D eigenvalue weighted by molar-refractivity contribution is 0.255. The van der Waals surface area contributed by atoms with Gasteiger partial charge in [-0.25, -0.2) is 0 Å². The van der Waals surface area contributed by atoms with Gasteiger partial charge in [-0.05, 0) is 65.8 Å². The van der Waals surface area contributed by atoms with Gasteiger partial charge in [0.2, 0.25) is 0 Å². The fraction of sp³-hybridized carbons (Fsp3) is 0.591. The van der Waals surface area contributed by atoms with E-state index in [1.165, 1.54) is 116 Å². The van der Waals surface area contributed by atoms with E-state index in [0.717, 1.165) is 48.7 Å². The van der Waals surface area contributed by atoms with Gasteiger partial charge in [-0.2, -0.15) is 0 Å². The van der Waals surface area contributed by atoms with E-state index in [1.807, 2.05) is 48.5 Å². The molecule has 0 aliphatic carbocycles. The zero-order chi connectivity index (χ0) is 36.2. The number of benzene rings is 3. The Morgan fingerprint density at radius 2 is 0.784 bits per heavy atom. The Kier molecular flexibility index (Phi) is 22.8. The first-order valence-corrected chi connectivity index (χ1v) is 20.3. The molecule has 0 amide bonds. The van der Waals surface area contributed by atoms with Crippen LogP contribution in [0.4, 0.5) is 0 Å². The highest BCUT2D eigenvalue weighted by molar-refractivity contribution is 6.58. The predicted molar refractivity (Wildman–Crippen MR) is 212 cm³/mol. The molecule has 51 heavy (non-hydrogen) atoms. The lowest BCUT2D eigenvalue weighted by Crippen LogP contribution is -2.29. The largest absolute Gasteiger partial charge is 0.494 e. The number of unbranched alkanes of at least 4 members (excludes halogenated alkanes) is 18. The summed E-state index contributed by atoms with van der Waals surface area (Å²) in [6.45, 7) is 6.67. The molecule has 7 heteroatoms. The Balaban J connectivity index is 1.35. The Bertz CT molecular complexity index is 1260. The second kappa shape index (κ2) is 27.5. The van der Waals surface area contributed by atoms with Crippen molar-refractivity contribution in [2.75, 3.05) is 13.2 Å². The standard InChI is InChI=1S/C44H67BO6/c1-3-5-7-9-11-13-15-17-19-21-33-48-41-28-23-38(24-29-41)36-50-43-32-27-40(45(46)47)35-44(43)51-37-39-25-30-42(31-26-39)49-34-22-20-18-16-14-12-10-8-6-4-2/h23-32,35,46-47H,3-22,33-34,36-37H2,1-2H3. The third-order valence-electron chi connectivity index (χ3n) is 9.43.